The van der Waals surface area contributed by atoms with Crippen LogP contribution in [0.15, 0.2) is 12.4 Å². The molecule has 9 heteroatoms. The van der Waals surface area contributed by atoms with Gasteiger partial charge in [-0.05, 0) is 0 Å². The Bertz CT molecular complexity index is 216. The van der Waals surface area contributed by atoms with Crippen molar-refractivity contribution in [3.8, 4) is 0 Å². The third-order valence-electron chi connectivity index (χ3n) is 0.835. The number of hydrogen-bond donors (Lipinski definition) is 0. The molecule has 0 aromatic heterocycles. The third kappa shape index (κ3) is 165. The molecule has 0 unspecified atom stereocenters. The first-order chi connectivity index (χ1) is 9.63. The van der Waals surface area contributed by atoms with Gasteiger partial charge in [0.2, 0.25) is 0 Å². The van der Waals surface area contributed by atoms with Crippen molar-refractivity contribution in [3.63, 3.8) is 0 Å². The second-order valence-corrected chi connectivity index (χ2v) is 2.78. The number of rotatable bonds is 4. The van der Waals surface area contributed by atoms with Gasteiger partial charge in [0.1, 0.15) is 0 Å². The summed E-state index contributed by atoms with van der Waals surface area (Å²) in [6, 6.07) is 0.747. The van der Waals surface area contributed by atoms with E-state index in [0.29, 0.717) is 12.1 Å². The zero-order valence-electron chi connectivity index (χ0n) is 12.5. The fraction of sp³-hybridized carbons (Fsp3) is 0.462. The summed E-state index contributed by atoms with van der Waals surface area (Å²) in [6.07, 6.45) is 3.51. The maximum Gasteiger partial charge on any atom is 3.00 e. The van der Waals surface area contributed by atoms with Gasteiger partial charge in [-0.2, -0.15) is 0 Å². The van der Waals surface area contributed by atoms with Crippen LogP contribution in [0, 0.1) is 26.6 Å². The molecule has 0 aromatic carbocycles. The predicted molar refractivity (Wildman–Crippen MR) is 68.6 cm³/mol. The van der Waals surface area contributed by atoms with Crippen LogP contribution in [0.4, 0.5) is 0 Å². The molecule has 0 aliphatic rings. The van der Waals surface area contributed by atoms with Gasteiger partial charge in [-0.3, -0.25) is 6.79 Å². The molecule has 0 spiro atoms. The first-order valence-corrected chi connectivity index (χ1v) is 4.73. The molecule has 0 fully saturated rings. The summed E-state index contributed by atoms with van der Waals surface area (Å²) in [5.74, 6) is 0. The molecule has 7 nitrogen and oxygen atoms in total. The van der Waals surface area contributed by atoms with Crippen LogP contribution in [0.1, 0.15) is 27.7 Å². The zero-order valence-corrected chi connectivity index (χ0v) is 16.0. The van der Waals surface area contributed by atoms with E-state index in [1.807, 2.05) is 27.7 Å². The molecule has 0 amide bonds. The van der Waals surface area contributed by atoms with Gasteiger partial charge < -0.3 is 15.4 Å². The van der Waals surface area contributed by atoms with E-state index in [-0.39, 0.29) is 39.0 Å². The Hall–Kier alpha value is -0.783. The second-order valence-electron chi connectivity index (χ2n) is 2.78. The average Bonchev–Trinajstić information content (AvgIpc) is 2.53. The minimum Gasteiger partial charge on any atom is -0.545 e. The minimum atomic E-state index is 0. The first kappa shape index (κ1) is 49.6. The van der Waals surface area contributed by atoms with Crippen LogP contribution in [0.2, 0.25) is 0 Å². The van der Waals surface area contributed by atoms with Crippen LogP contribution in [-0.2, 0) is 62.4 Å². The monoisotopic (exact) mass is 485 g/mol. The summed E-state index contributed by atoms with van der Waals surface area (Å²) in [4.78, 5) is 7.75. The molecule has 0 bridgehead atoms. The van der Waals surface area contributed by atoms with E-state index in [4.69, 9.17) is 23.4 Å². The van der Waals surface area contributed by atoms with Gasteiger partial charge in [-0.1, -0.05) is 27.7 Å². The summed E-state index contributed by atoms with van der Waals surface area (Å²) in [6.45, 7) is 29.4. The molecule has 0 rings (SSSR count). The van der Waals surface area contributed by atoms with Crippen molar-refractivity contribution in [2.45, 2.75) is 39.8 Å². The van der Waals surface area contributed by atoms with Crippen LogP contribution >= 0.6 is 0 Å². The molecular formula is C13H17N2O5Ru2. The molecule has 0 N–H and O–H groups in total. The normalized spacial score (nSPS) is 5.73. The van der Waals surface area contributed by atoms with Gasteiger partial charge in [-0.25, -0.2) is 12.4 Å². The van der Waals surface area contributed by atoms with E-state index in [2.05, 4.69) is 44.0 Å². The summed E-state index contributed by atoms with van der Waals surface area (Å²) in [7, 11) is 0. The van der Waals surface area contributed by atoms with Gasteiger partial charge >= 0.3 is 64.7 Å². The summed E-state index contributed by atoms with van der Waals surface area (Å²) in [5.41, 5.74) is 0. The molecule has 0 heterocycles. The van der Waals surface area contributed by atoms with Gasteiger partial charge in [0.15, 0.2) is 0 Å². The molecule has 1 radical (unpaired) electrons. The Morgan fingerprint density at radius 1 is 0.727 bits per heavy atom. The van der Waals surface area contributed by atoms with Crippen LogP contribution in [0.3, 0.4) is 0 Å². The Morgan fingerprint density at radius 2 is 0.864 bits per heavy atom. The van der Waals surface area contributed by atoms with E-state index in [1.54, 1.807) is 12.4 Å². The molecule has 0 saturated heterocycles. The van der Waals surface area contributed by atoms with E-state index in [1.165, 1.54) is 0 Å². The topological polar surface area (TPSA) is 125 Å². The Balaban J connectivity index is -0.0000000233. The number of nitrogens with zero attached hydrogens (tertiary/aromatic N) is 2. The first-order valence-electron chi connectivity index (χ1n) is 4.73. The maximum atomic E-state index is 7.75. The molecule has 125 valence electrons. The van der Waals surface area contributed by atoms with Crippen LogP contribution in [0.25, 0.3) is 10.6 Å². The number of hydrogen-bond acceptors (Lipinski definition) is 1. The van der Waals surface area contributed by atoms with Crippen molar-refractivity contribution in [1.29, 1.82) is 0 Å². The van der Waals surface area contributed by atoms with Gasteiger partial charge in [0, 0.05) is 19.5 Å². The van der Waals surface area contributed by atoms with E-state index in [0.717, 1.165) is 0 Å². The summed E-state index contributed by atoms with van der Waals surface area (Å²) < 4.78 is 30.0. The fourth-order valence-electron chi connectivity index (χ4n) is 0.421. The quantitative estimate of drug-likeness (QED) is 0.259. The molecule has 0 aromatic rings. The predicted octanol–water partition coefficient (Wildman–Crippen LogP) is 2.59. The molecule has 0 aliphatic carbocycles. The standard InChI is InChI=1S/C8H16N2.CHO.4CO.2Ru/c1-7(2)9-5-6-10-8(3)4;5*1-2;;/h5-8H,1-4H3;1H;;;;;;/q-2;-1;;;;;;+3/b6-5-;;;;;;;. The molecule has 22 heavy (non-hydrogen) atoms. The Morgan fingerprint density at radius 3 is 0.955 bits per heavy atom. The molecule has 0 atom stereocenters. The van der Waals surface area contributed by atoms with Crippen LogP contribution in [0.5, 0.6) is 0 Å². The third-order valence-corrected chi connectivity index (χ3v) is 0.835. The summed E-state index contributed by atoms with van der Waals surface area (Å²) in [5, 5.41) is 8.24. The second kappa shape index (κ2) is 87.9. The van der Waals surface area contributed by atoms with Crippen molar-refractivity contribution >= 4 is 6.79 Å². The van der Waals surface area contributed by atoms with Gasteiger partial charge in [-0.15, -0.1) is 12.1 Å². The molecule has 0 aliphatic heterocycles. The largest absolute Gasteiger partial charge is 3.00 e. The summed E-state index contributed by atoms with van der Waals surface area (Å²) >= 11 is 0. The van der Waals surface area contributed by atoms with Crippen molar-refractivity contribution < 1.29 is 62.4 Å². The van der Waals surface area contributed by atoms with Gasteiger partial charge in [0.05, 0.1) is 0 Å². The fourth-order valence-corrected chi connectivity index (χ4v) is 0.421. The minimum absolute atomic E-state index is 0. The Labute approximate surface area is 158 Å². The van der Waals surface area contributed by atoms with E-state index >= 15 is 0 Å². The van der Waals surface area contributed by atoms with Crippen LogP contribution < -0.4 is 0 Å². The SMILES string of the molecule is CC(C)[N-]/C=C\[N-]C(C)C.[C-]#[O+].[C-]#[O+].[C-]#[O+].[C-]#[O+].[CH-]=O.[Ru+3].[Ru]. The van der Waals surface area contributed by atoms with E-state index < -0.39 is 0 Å². The van der Waals surface area contributed by atoms with Crippen molar-refractivity contribution in [2.24, 2.45) is 0 Å². The molecule has 0 saturated carbocycles. The zero-order chi connectivity index (χ0) is 18.0. The van der Waals surface area contributed by atoms with Gasteiger partial charge in [0.25, 0.3) is 0 Å². The Kier molecular flexibility index (Phi) is 198. The maximum absolute atomic E-state index is 7.75. The van der Waals surface area contributed by atoms with Crippen LogP contribution in [-0.4, -0.2) is 18.9 Å². The van der Waals surface area contributed by atoms with Crippen molar-refractivity contribution in [2.75, 3.05) is 0 Å². The average molecular weight is 483 g/mol. The van der Waals surface area contributed by atoms with Crippen molar-refractivity contribution in [3.05, 3.63) is 49.6 Å². The molecular weight excluding hydrogens is 466 g/mol. The number of carbonyl (C=O) groups excluding carboxylic acids is 1. The van der Waals surface area contributed by atoms with E-state index in [9.17, 15) is 0 Å². The van der Waals surface area contributed by atoms with Crippen molar-refractivity contribution in [1.82, 2.24) is 0 Å². The smallest absolute Gasteiger partial charge is 0.545 e.